The summed E-state index contributed by atoms with van der Waals surface area (Å²) in [6, 6.07) is 26.5. The lowest BCUT2D eigenvalue weighted by molar-refractivity contribution is 0.631. The van der Waals surface area contributed by atoms with Crippen molar-refractivity contribution in [2.75, 3.05) is 0 Å². The van der Waals surface area contributed by atoms with Crippen molar-refractivity contribution in [3.63, 3.8) is 0 Å². The summed E-state index contributed by atoms with van der Waals surface area (Å²) in [7, 11) is 0. The van der Waals surface area contributed by atoms with E-state index in [1.807, 2.05) is 42.5 Å². The Kier molecular flexibility index (Phi) is 5.45. The van der Waals surface area contributed by atoms with Crippen molar-refractivity contribution in [3.05, 3.63) is 107 Å². The zero-order chi connectivity index (χ0) is 20.2. The fourth-order valence-corrected chi connectivity index (χ4v) is 3.52. The maximum absolute atomic E-state index is 14.2. The molecule has 0 unspecified atom stereocenters. The van der Waals surface area contributed by atoms with E-state index in [0.29, 0.717) is 10.9 Å². The molecule has 142 valence electrons. The lowest BCUT2D eigenvalue weighted by Gasteiger charge is -2.04. The molecule has 0 N–H and O–H groups in total. The van der Waals surface area contributed by atoms with Crippen molar-refractivity contribution in [2.24, 2.45) is 0 Å². The first kappa shape index (κ1) is 19.0. The van der Waals surface area contributed by atoms with Gasteiger partial charge in [-0.15, -0.1) is 0 Å². The lowest BCUT2D eigenvalue weighted by Crippen LogP contribution is -1.86. The van der Waals surface area contributed by atoms with Gasteiger partial charge in [0.25, 0.3) is 0 Å². The van der Waals surface area contributed by atoms with Gasteiger partial charge in [-0.1, -0.05) is 79.8 Å². The molecule has 4 aromatic carbocycles. The van der Waals surface area contributed by atoms with Crippen LogP contribution in [0, 0.1) is 24.6 Å². The molecule has 29 heavy (non-hydrogen) atoms. The van der Waals surface area contributed by atoms with Crippen LogP contribution in [0.25, 0.3) is 21.9 Å². The first-order valence-electron chi connectivity index (χ1n) is 10.0. The third-order valence-electron chi connectivity index (χ3n) is 5.21. The first-order chi connectivity index (χ1) is 14.1. The Morgan fingerprint density at radius 2 is 1.34 bits per heavy atom. The van der Waals surface area contributed by atoms with Crippen LogP contribution in [0.3, 0.4) is 0 Å². The quantitative estimate of drug-likeness (QED) is 0.328. The van der Waals surface area contributed by atoms with Crippen LogP contribution in [-0.4, -0.2) is 0 Å². The Morgan fingerprint density at radius 1 is 0.724 bits per heavy atom. The second kappa shape index (κ2) is 8.33. The van der Waals surface area contributed by atoms with Gasteiger partial charge in [-0.2, -0.15) is 0 Å². The molecule has 0 saturated carbocycles. The lowest BCUT2D eigenvalue weighted by atomic mass is 10.0. The van der Waals surface area contributed by atoms with E-state index in [9.17, 15) is 4.39 Å². The summed E-state index contributed by atoms with van der Waals surface area (Å²) in [5.41, 5.74) is 6.30. The fourth-order valence-electron chi connectivity index (χ4n) is 3.52. The van der Waals surface area contributed by atoms with Crippen molar-refractivity contribution in [3.8, 4) is 23.0 Å². The van der Waals surface area contributed by atoms with Crippen LogP contribution in [0.2, 0.25) is 0 Å². The number of hydrogen-bond acceptors (Lipinski definition) is 0. The van der Waals surface area contributed by atoms with E-state index in [4.69, 9.17) is 0 Å². The average molecular weight is 378 g/mol. The van der Waals surface area contributed by atoms with Gasteiger partial charge in [-0.3, -0.25) is 0 Å². The van der Waals surface area contributed by atoms with Gasteiger partial charge in [0.15, 0.2) is 0 Å². The molecule has 0 fully saturated rings. The topological polar surface area (TPSA) is 0 Å². The van der Waals surface area contributed by atoms with Crippen LogP contribution in [0.5, 0.6) is 0 Å². The Bertz CT molecular complexity index is 1200. The fraction of sp³-hybridized carbons (Fsp3) is 0.143. The van der Waals surface area contributed by atoms with Gasteiger partial charge < -0.3 is 0 Å². The van der Waals surface area contributed by atoms with E-state index in [-0.39, 0.29) is 5.82 Å². The number of hydrogen-bond donors (Lipinski definition) is 0. The summed E-state index contributed by atoms with van der Waals surface area (Å²) < 4.78 is 14.2. The van der Waals surface area contributed by atoms with Gasteiger partial charge in [0.05, 0.1) is 0 Å². The number of halogens is 1. The van der Waals surface area contributed by atoms with E-state index in [1.165, 1.54) is 23.1 Å². The molecule has 0 aliphatic carbocycles. The molecular weight excluding hydrogens is 355 g/mol. The minimum atomic E-state index is -0.152. The zero-order valence-electron chi connectivity index (χ0n) is 16.8. The largest absolute Gasteiger partial charge is 0.206 e. The summed E-state index contributed by atoms with van der Waals surface area (Å²) in [4.78, 5) is 0. The van der Waals surface area contributed by atoms with Gasteiger partial charge in [0.2, 0.25) is 0 Å². The van der Waals surface area contributed by atoms with Crippen molar-refractivity contribution >= 4 is 10.8 Å². The molecule has 0 radical (unpaired) electrons. The Hall–Kier alpha value is -3.37. The number of benzene rings is 4. The highest BCUT2D eigenvalue weighted by Crippen LogP contribution is 2.23. The second-order valence-electron chi connectivity index (χ2n) is 7.41. The van der Waals surface area contributed by atoms with Gasteiger partial charge in [-0.05, 0) is 65.3 Å². The Morgan fingerprint density at radius 3 is 2.03 bits per heavy atom. The summed E-state index contributed by atoms with van der Waals surface area (Å²) >= 11 is 0. The van der Waals surface area contributed by atoms with Crippen molar-refractivity contribution < 1.29 is 4.39 Å². The van der Waals surface area contributed by atoms with Crippen molar-refractivity contribution in [2.45, 2.75) is 26.7 Å². The molecule has 0 aliphatic rings. The van der Waals surface area contributed by atoms with E-state index in [1.54, 1.807) is 6.92 Å². The van der Waals surface area contributed by atoms with E-state index in [0.717, 1.165) is 22.9 Å². The average Bonchev–Trinajstić information content (AvgIpc) is 2.76. The molecule has 0 spiro atoms. The second-order valence-corrected chi connectivity index (χ2v) is 7.41. The molecule has 0 bridgehead atoms. The highest BCUT2D eigenvalue weighted by Gasteiger charge is 2.04. The van der Waals surface area contributed by atoms with Crippen LogP contribution in [0.15, 0.2) is 78.9 Å². The molecule has 4 aromatic rings. The molecule has 0 atom stereocenters. The summed E-state index contributed by atoms with van der Waals surface area (Å²) in [6.45, 7) is 3.98. The van der Waals surface area contributed by atoms with Crippen molar-refractivity contribution in [1.82, 2.24) is 0 Å². The maximum atomic E-state index is 14.2. The summed E-state index contributed by atoms with van der Waals surface area (Å²) in [5, 5.41) is 1.52. The molecule has 1 heteroatoms. The maximum Gasteiger partial charge on any atom is 0.133 e. The highest BCUT2D eigenvalue weighted by molar-refractivity contribution is 5.85. The van der Waals surface area contributed by atoms with E-state index >= 15 is 0 Å². The van der Waals surface area contributed by atoms with E-state index in [2.05, 4.69) is 55.2 Å². The van der Waals surface area contributed by atoms with E-state index < -0.39 is 0 Å². The third-order valence-corrected chi connectivity index (χ3v) is 5.21. The minimum Gasteiger partial charge on any atom is -0.206 e. The first-order valence-corrected chi connectivity index (χ1v) is 10.0. The molecule has 0 saturated heterocycles. The Labute approximate surface area is 172 Å². The van der Waals surface area contributed by atoms with Gasteiger partial charge >= 0.3 is 0 Å². The predicted molar refractivity (Wildman–Crippen MR) is 120 cm³/mol. The monoisotopic (exact) mass is 378 g/mol. The normalized spacial score (nSPS) is 10.6. The standard InChI is InChI=1S/C28H23F/c1-3-4-21-8-14-24(15-9-21)25-16-10-22(11-17-25)6-7-23-12-18-27-26(19-23)13-5-20(2)28(27)29/h5,8-19H,3-4H2,1-2H3. The number of fused-ring (bicyclic) bond motifs is 1. The zero-order valence-corrected chi connectivity index (χ0v) is 16.8. The van der Waals surface area contributed by atoms with Crippen molar-refractivity contribution in [1.29, 1.82) is 0 Å². The molecule has 0 amide bonds. The van der Waals surface area contributed by atoms with Crippen LogP contribution in [0.4, 0.5) is 4.39 Å². The summed E-state index contributed by atoms with van der Waals surface area (Å²) in [6.07, 6.45) is 2.29. The molecule has 0 aliphatic heterocycles. The number of rotatable bonds is 3. The van der Waals surface area contributed by atoms with Gasteiger partial charge in [0, 0.05) is 16.5 Å². The van der Waals surface area contributed by atoms with Gasteiger partial charge in [0.1, 0.15) is 5.82 Å². The molecule has 0 aromatic heterocycles. The molecule has 0 nitrogen and oxygen atoms in total. The smallest absolute Gasteiger partial charge is 0.133 e. The Balaban J connectivity index is 1.54. The van der Waals surface area contributed by atoms with Crippen LogP contribution in [-0.2, 0) is 6.42 Å². The van der Waals surface area contributed by atoms with Crippen LogP contribution in [0.1, 0.15) is 35.6 Å². The highest BCUT2D eigenvalue weighted by atomic mass is 19.1. The van der Waals surface area contributed by atoms with Gasteiger partial charge in [-0.25, -0.2) is 4.39 Å². The third kappa shape index (κ3) is 4.23. The van der Waals surface area contributed by atoms with Crippen LogP contribution >= 0.6 is 0 Å². The molecule has 4 rings (SSSR count). The minimum absolute atomic E-state index is 0.152. The predicted octanol–water partition coefficient (Wildman–Crippen LogP) is 7.31. The van der Waals surface area contributed by atoms with Crippen LogP contribution < -0.4 is 0 Å². The molecule has 0 heterocycles. The summed E-state index contributed by atoms with van der Waals surface area (Å²) in [5.74, 6) is 6.26. The molecular formula is C28H23F. The number of aryl methyl sites for hydroxylation is 2. The SMILES string of the molecule is CCCc1ccc(-c2ccc(C#Cc3ccc4c(F)c(C)ccc4c3)cc2)cc1.